The minimum Gasteiger partial charge on any atom is -0.366 e. The van der Waals surface area contributed by atoms with E-state index >= 15 is 0 Å². The zero-order valence-electron chi connectivity index (χ0n) is 11.8. The molecule has 2 bridgehead atoms. The normalized spacial score (nSPS) is 35.0. The van der Waals surface area contributed by atoms with Crippen LogP contribution in [0.15, 0.2) is 18.2 Å². The fourth-order valence-electron chi connectivity index (χ4n) is 5.19. The van der Waals surface area contributed by atoms with Gasteiger partial charge in [0.25, 0.3) is 0 Å². The number of benzene rings is 1. The molecule has 1 saturated carbocycles. The molecule has 2 fully saturated rings. The topological polar surface area (TPSA) is 55.1 Å². The van der Waals surface area contributed by atoms with Gasteiger partial charge >= 0.3 is 0 Å². The van der Waals surface area contributed by atoms with Crippen molar-refractivity contribution < 1.29 is 4.79 Å². The first-order chi connectivity index (χ1) is 9.72. The SMILES string of the molecule is NC(=O)c1cccc2c1C[C@H]1NCC[C@@]23CCCC[C@@H]13. The van der Waals surface area contributed by atoms with E-state index in [4.69, 9.17) is 5.73 Å². The Morgan fingerprint density at radius 3 is 3.05 bits per heavy atom. The van der Waals surface area contributed by atoms with Gasteiger partial charge in [0.2, 0.25) is 5.91 Å². The number of amides is 1. The number of hydrogen-bond donors (Lipinski definition) is 2. The van der Waals surface area contributed by atoms with E-state index in [1.54, 1.807) is 0 Å². The zero-order chi connectivity index (χ0) is 13.7. The number of carbonyl (C=O) groups excluding carboxylic acids is 1. The van der Waals surface area contributed by atoms with Crippen LogP contribution in [0.2, 0.25) is 0 Å². The van der Waals surface area contributed by atoms with Crippen molar-refractivity contribution in [2.45, 2.75) is 50.0 Å². The Labute approximate surface area is 119 Å². The molecule has 20 heavy (non-hydrogen) atoms. The number of carbonyl (C=O) groups is 1. The van der Waals surface area contributed by atoms with Crippen LogP contribution in [0.4, 0.5) is 0 Å². The molecule has 3 N–H and O–H groups in total. The minimum atomic E-state index is -0.273. The first-order valence-electron chi connectivity index (χ1n) is 7.88. The summed E-state index contributed by atoms with van der Waals surface area (Å²) in [5, 5.41) is 3.70. The maximum atomic E-state index is 11.8. The highest BCUT2D eigenvalue weighted by Crippen LogP contribution is 2.54. The van der Waals surface area contributed by atoms with Gasteiger partial charge < -0.3 is 11.1 Å². The molecule has 3 aliphatic rings. The second-order valence-corrected chi connectivity index (χ2v) is 6.72. The van der Waals surface area contributed by atoms with Crippen LogP contribution in [-0.4, -0.2) is 18.5 Å². The molecule has 106 valence electrons. The largest absolute Gasteiger partial charge is 0.366 e. The maximum Gasteiger partial charge on any atom is 0.248 e. The molecule has 0 radical (unpaired) electrons. The molecule has 4 rings (SSSR count). The first-order valence-corrected chi connectivity index (χ1v) is 7.88. The predicted octanol–water partition coefficient (Wildman–Crippen LogP) is 2.13. The van der Waals surface area contributed by atoms with E-state index in [1.165, 1.54) is 43.2 Å². The Bertz CT molecular complexity index is 564. The van der Waals surface area contributed by atoms with Crippen molar-refractivity contribution in [3.63, 3.8) is 0 Å². The van der Waals surface area contributed by atoms with Crippen molar-refractivity contribution in [2.24, 2.45) is 11.7 Å². The third kappa shape index (κ3) is 1.53. The van der Waals surface area contributed by atoms with E-state index in [0.717, 1.165) is 24.4 Å². The van der Waals surface area contributed by atoms with Crippen molar-refractivity contribution in [1.82, 2.24) is 5.32 Å². The van der Waals surface area contributed by atoms with Gasteiger partial charge in [-0.3, -0.25) is 4.79 Å². The Morgan fingerprint density at radius 2 is 2.20 bits per heavy atom. The number of hydrogen-bond acceptors (Lipinski definition) is 2. The van der Waals surface area contributed by atoms with E-state index in [-0.39, 0.29) is 5.91 Å². The van der Waals surface area contributed by atoms with Crippen LogP contribution in [-0.2, 0) is 11.8 Å². The second kappa shape index (κ2) is 4.32. The molecule has 3 heteroatoms. The van der Waals surface area contributed by atoms with Gasteiger partial charge in [-0.25, -0.2) is 0 Å². The highest BCUT2D eigenvalue weighted by molar-refractivity contribution is 5.95. The first kappa shape index (κ1) is 12.4. The number of nitrogens with two attached hydrogens (primary N) is 1. The highest BCUT2D eigenvalue weighted by Gasteiger charge is 2.51. The summed E-state index contributed by atoms with van der Waals surface area (Å²) in [5.41, 5.74) is 9.33. The van der Waals surface area contributed by atoms with Crippen molar-refractivity contribution >= 4 is 5.91 Å². The van der Waals surface area contributed by atoms with Crippen LogP contribution >= 0.6 is 0 Å². The van der Waals surface area contributed by atoms with Crippen molar-refractivity contribution in [3.05, 3.63) is 34.9 Å². The predicted molar refractivity (Wildman–Crippen MR) is 78.7 cm³/mol. The summed E-state index contributed by atoms with van der Waals surface area (Å²) in [6.07, 6.45) is 7.48. The summed E-state index contributed by atoms with van der Waals surface area (Å²) in [4.78, 5) is 11.8. The zero-order valence-corrected chi connectivity index (χ0v) is 11.8. The average Bonchev–Trinajstić information content (AvgIpc) is 2.46. The smallest absolute Gasteiger partial charge is 0.248 e. The van der Waals surface area contributed by atoms with Gasteiger partial charge in [0.1, 0.15) is 0 Å². The van der Waals surface area contributed by atoms with Gasteiger partial charge in [-0.05, 0) is 55.3 Å². The van der Waals surface area contributed by atoms with E-state index in [9.17, 15) is 4.79 Å². The quantitative estimate of drug-likeness (QED) is 0.821. The third-order valence-corrected chi connectivity index (χ3v) is 5.96. The van der Waals surface area contributed by atoms with Crippen LogP contribution in [0.25, 0.3) is 0 Å². The molecule has 1 aromatic carbocycles. The van der Waals surface area contributed by atoms with E-state index in [1.807, 2.05) is 12.1 Å². The molecular formula is C17H22N2O. The van der Waals surface area contributed by atoms with E-state index in [0.29, 0.717) is 11.5 Å². The van der Waals surface area contributed by atoms with Gasteiger partial charge in [0, 0.05) is 17.0 Å². The monoisotopic (exact) mass is 270 g/mol. The Hall–Kier alpha value is -1.35. The summed E-state index contributed by atoms with van der Waals surface area (Å²) in [5.74, 6) is 0.478. The summed E-state index contributed by atoms with van der Waals surface area (Å²) < 4.78 is 0. The lowest BCUT2D eigenvalue weighted by Crippen LogP contribution is -2.59. The van der Waals surface area contributed by atoms with Gasteiger partial charge in [-0.1, -0.05) is 25.0 Å². The molecule has 1 aliphatic heterocycles. The summed E-state index contributed by atoms with van der Waals surface area (Å²) in [6, 6.07) is 6.73. The maximum absolute atomic E-state index is 11.8. The molecule has 3 nitrogen and oxygen atoms in total. The fourth-order valence-corrected chi connectivity index (χ4v) is 5.19. The molecule has 0 spiro atoms. The second-order valence-electron chi connectivity index (χ2n) is 6.72. The molecule has 2 aliphatic carbocycles. The molecule has 0 aromatic heterocycles. The van der Waals surface area contributed by atoms with Gasteiger partial charge in [-0.15, -0.1) is 0 Å². The fraction of sp³-hybridized carbons (Fsp3) is 0.588. The third-order valence-electron chi connectivity index (χ3n) is 5.96. The van der Waals surface area contributed by atoms with Crippen LogP contribution < -0.4 is 11.1 Å². The average molecular weight is 270 g/mol. The molecule has 1 amide bonds. The van der Waals surface area contributed by atoms with Gasteiger partial charge in [0.05, 0.1) is 0 Å². The Balaban J connectivity index is 1.93. The summed E-state index contributed by atoms with van der Waals surface area (Å²) >= 11 is 0. The summed E-state index contributed by atoms with van der Waals surface area (Å²) in [7, 11) is 0. The van der Waals surface area contributed by atoms with E-state index in [2.05, 4.69) is 11.4 Å². The van der Waals surface area contributed by atoms with Crippen LogP contribution in [0.1, 0.15) is 53.6 Å². The van der Waals surface area contributed by atoms with Gasteiger partial charge in [-0.2, -0.15) is 0 Å². The summed E-state index contributed by atoms with van der Waals surface area (Å²) in [6.45, 7) is 1.11. The van der Waals surface area contributed by atoms with Crippen LogP contribution in [0, 0.1) is 5.92 Å². The molecule has 1 saturated heterocycles. The highest BCUT2D eigenvalue weighted by atomic mass is 16.1. The molecule has 1 heterocycles. The number of piperidine rings is 1. The lowest BCUT2D eigenvalue weighted by atomic mass is 9.52. The number of rotatable bonds is 1. The van der Waals surface area contributed by atoms with Crippen LogP contribution in [0.5, 0.6) is 0 Å². The molecule has 0 unspecified atom stereocenters. The van der Waals surface area contributed by atoms with Gasteiger partial charge in [0.15, 0.2) is 0 Å². The molecule has 1 aromatic rings. The molecular weight excluding hydrogens is 248 g/mol. The van der Waals surface area contributed by atoms with E-state index < -0.39 is 0 Å². The Kier molecular flexibility index (Phi) is 2.68. The molecule has 3 atom stereocenters. The van der Waals surface area contributed by atoms with Crippen molar-refractivity contribution in [3.8, 4) is 0 Å². The lowest BCUT2D eigenvalue weighted by molar-refractivity contribution is 0.0789. The standard InChI is InChI=1S/C17H22N2O/c18-16(20)11-4-3-6-13-12(11)10-15-14-5-1-2-7-17(13,14)8-9-19-15/h3-4,6,14-15,19H,1-2,5,7-10H2,(H2,18,20)/t14-,15+,17-/m0/s1. The van der Waals surface area contributed by atoms with Crippen molar-refractivity contribution in [2.75, 3.05) is 6.54 Å². The minimum absolute atomic E-state index is 0.273. The number of nitrogens with one attached hydrogen (secondary N) is 1. The van der Waals surface area contributed by atoms with Crippen molar-refractivity contribution in [1.29, 1.82) is 0 Å². The number of fused-ring (bicyclic) bond motifs is 1. The number of primary amides is 1. The van der Waals surface area contributed by atoms with Crippen LogP contribution in [0.3, 0.4) is 0 Å². The lowest BCUT2D eigenvalue weighted by Gasteiger charge is -2.56. The Morgan fingerprint density at radius 1 is 1.30 bits per heavy atom.